The van der Waals surface area contributed by atoms with Crippen LogP contribution < -0.4 is 5.73 Å². The zero-order valence-corrected chi connectivity index (χ0v) is 5.69. The molecular formula is C6H9N3O. The molecule has 4 nitrogen and oxygen atoms in total. The molecule has 0 heterocycles. The molecular weight excluding hydrogens is 130 g/mol. The summed E-state index contributed by atoms with van der Waals surface area (Å²) in [6, 6.07) is 0. The summed E-state index contributed by atoms with van der Waals surface area (Å²) in [6.07, 6.45) is 5.33. The van der Waals surface area contributed by atoms with Crippen LogP contribution in [0.5, 0.6) is 0 Å². The zero-order chi connectivity index (χ0) is 7.82. The third-order valence-electron chi connectivity index (χ3n) is 0.617. The first-order valence-electron chi connectivity index (χ1n) is 2.71. The molecule has 0 aromatic rings. The van der Waals surface area contributed by atoms with Crippen molar-refractivity contribution in [2.75, 3.05) is 0 Å². The van der Waals surface area contributed by atoms with Crippen molar-refractivity contribution in [1.82, 2.24) is 0 Å². The van der Waals surface area contributed by atoms with E-state index in [0.29, 0.717) is 0 Å². The van der Waals surface area contributed by atoms with Crippen molar-refractivity contribution in [1.29, 1.82) is 0 Å². The van der Waals surface area contributed by atoms with E-state index in [2.05, 4.69) is 10.2 Å². The first kappa shape index (κ1) is 8.55. The van der Waals surface area contributed by atoms with Gasteiger partial charge in [-0.05, 0) is 19.1 Å². The molecule has 0 aromatic heterocycles. The maximum atomic E-state index is 10.3. The van der Waals surface area contributed by atoms with Crippen LogP contribution in [0.15, 0.2) is 22.4 Å². The van der Waals surface area contributed by atoms with E-state index in [1.165, 1.54) is 25.3 Å². The van der Waals surface area contributed by atoms with Crippen LogP contribution in [0.3, 0.4) is 0 Å². The molecule has 54 valence electrons. The highest BCUT2D eigenvalue weighted by Gasteiger charge is 1.75. The Morgan fingerprint density at radius 1 is 1.50 bits per heavy atom. The lowest BCUT2D eigenvalue weighted by Gasteiger charge is -1.73. The van der Waals surface area contributed by atoms with E-state index in [9.17, 15) is 4.79 Å². The lowest BCUT2D eigenvalue weighted by atomic mass is 10.4. The summed E-state index contributed by atoms with van der Waals surface area (Å²) in [5.41, 5.74) is 4.87. The molecule has 4 heteroatoms. The number of allylic oxidation sites excluding steroid dienone is 2. The van der Waals surface area contributed by atoms with Gasteiger partial charge >= 0.3 is 0 Å². The summed E-state index contributed by atoms with van der Waals surface area (Å²) in [5, 5.41) is 6.77. The van der Waals surface area contributed by atoms with Crippen molar-refractivity contribution in [2.45, 2.75) is 6.92 Å². The number of nitrogens with two attached hydrogens (primary N) is 1. The molecule has 0 rings (SSSR count). The van der Waals surface area contributed by atoms with E-state index in [0.717, 1.165) is 6.34 Å². The van der Waals surface area contributed by atoms with Gasteiger partial charge < -0.3 is 5.73 Å². The molecule has 0 atom stereocenters. The maximum absolute atomic E-state index is 10.3. The van der Waals surface area contributed by atoms with Crippen LogP contribution in [-0.4, -0.2) is 18.3 Å². The quantitative estimate of drug-likeness (QED) is 0.261. The number of rotatable bonds is 3. The van der Waals surface area contributed by atoms with Gasteiger partial charge in [0.25, 0.3) is 0 Å². The van der Waals surface area contributed by atoms with Gasteiger partial charge in [-0.15, -0.1) is 5.10 Å². The maximum Gasteiger partial charge on any atom is 0.152 e. The van der Waals surface area contributed by atoms with Crippen LogP contribution in [-0.2, 0) is 4.79 Å². The van der Waals surface area contributed by atoms with E-state index in [1.54, 1.807) is 0 Å². The molecule has 0 bridgehead atoms. The summed E-state index contributed by atoms with van der Waals surface area (Å²) in [4.78, 5) is 10.3. The van der Waals surface area contributed by atoms with Gasteiger partial charge in [0.05, 0.1) is 0 Å². The first-order chi connectivity index (χ1) is 4.77. The van der Waals surface area contributed by atoms with E-state index in [4.69, 9.17) is 5.73 Å². The number of hydrogen-bond donors (Lipinski definition) is 1. The number of carbonyl (C=O) groups is 1. The van der Waals surface area contributed by atoms with Crippen LogP contribution in [0.2, 0.25) is 0 Å². The van der Waals surface area contributed by atoms with Crippen molar-refractivity contribution in [3.63, 3.8) is 0 Å². The standard InChI is InChI=1S/C6H9N3O/c1-6(10)3-2-4-8-9-5-7/h2-5H,1H3,(H2,7,9)/b3-2-,8-4-. The Morgan fingerprint density at radius 3 is 2.70 bits per heavy atom. The van der Waals surface area contributed by atoms with Crippen LogP contribution in [0.1, 0.15) is 6.92 Å². The Bertz CT molecular complexity index is 181. The lowest BCUT2D eigenvalue weighted by molar-refractivity contribution is -0.112. The molecule has 0 aliphatic heterocycles. The van der Waals surface area contributed by atoms with Crippen molar-refractivity contribution < 1.29 is 4.79 Å². The molecule has 0 aliphatic rings. The van der Waals surface area contributed by atoms with Gasteiger partial charge in [-0.2, -0.15) is 5.10 Å². The highest BCUT2D eigenvalue weighted by atomic mass is 16.1. The van der Waals surface area contributed by atoms with Gasteiger partial charge in [-0.25, -0.2) is 0 Å². The van der Waals surface area contributed by atoms with Gasteiger partial charge in [0.2, 0.25) is 0 Å². The zero-order valence-electron chi connectivity index (χ0n) is 5.69. The molecule has 0 fully saturated rings. The van der Waals surface area contributed by atoms with Crippen LogP contribution in [0.25, 0.3) is 0 Å². The summed E-state index contributed by atoms with van der Waals surface area (Å²) in [5.74, 6) is -0.0248. The monoisotopic (exact) mass is 139 g/mol. The van der Waals surface area contributed by atoms with E-state index >= 15 is 0 Å². The summed E-state index contributed by atoms with van der Waals surface area (Å²) < 4.78 is 0. The largest absolute Gasteiger partial charge is 0.388 e. The normalized spacial score (nSPS) is 12.1. The molecule has 2 N–H and O–H groups in total. The van der Waals surface area contributed by atoms with E-state index < -0.39 is 0 Å². The van der Waals surface area contributed by atoms with E-state index in [1.807, 2.05) is 0 Å². The minimum Gasteiger partial charge on any atom is -0.388 e. The molecule has 0 spiro atoms. The van der Waals surface area contributed by atoms with Gasteiger partial charge in [0.15, 0.2) is 5.78 Å². The van der Waals surface area contributed by atoms with Crippen molar-refractivity contribution in [2.24, 2.45) is 15.9 Å². The molecule has 10 heavy (non-hydrogen) atoms. The van der Waals surface area contributed by atoms with Gasteiger partial charge in [-0.1, -0.05) is 0 Å². The Hall–Kier alpha value is -1.45. The average molecular weight is 139 g/mol. The third-order valence-corrected chi connectivity index (χ3v) is 0.617. The fraction of sp³-hybridized carbons (Fsp3) is 0.167. The average Bonchev–Trinajstić information content (AvgIpc) is 1.87. The number of hydrogen-bond acceptors (Lipinski definition) is 3. The van der Waals surface area contributed by atoms with E-state index in [-0.39, 0.29) is 5.78 Å². The van der Waals surface area contributed by atoms with Crippen LogP contribution >= 0.6 is 0 Å². The minimum atomic E-state index is -0.0248. The second-order valence-corrected chi connectivity index (χ2v) is 1.50. The first-order valence-corrected chi connectivity index (χ1v) is 2.71. The fourth-order valence-corrected chi connectivity index (χ4v) is 0.294. The van der Waals surface area contributed by atoms with Crippen molar-refractivity contribution in [3.05, 3.63) is 12.2 Å². The highest BCUT2D eigenvalue weighted by Crippen LogP contribution is 1.72. The van der Waals surface area contributed by atoms with Gasteiger partial charge in [-0.3, -0.25) is 4.79 Å². The van der Waals surface area contributed by atoms with Crippen molar-refractivity contribution >= 4 is 18.3 Å². The predicted molar refractivity (Wildman–Crippen MR) is 41.0 cm³/mol. The molecule has 0 radical (unpaired) electrons. The van der Waals surface area contributed by atoms with Gasteiger partial charge in [0, 0.05) is 6.21 Å². The number of carbonyl (C=O) groups excluding carboxylic acids is 1. The predicted octanol–water partition coefficient (Wildman–Crippen LogP) is 0.104. The summed E-state index contributed by atoms with van der Waals surface area (Å²) >= 11 is 0. The topological polar surface area (TPSA) is 67.8 Å². The molecule has 0 amide bonds. The van der Waals surface area contributed by atoms with Crippen molar-refractivity contribution in [3.8, 4) is 0 Å². The molecule has 0 aromatic carbocycles. The summed E-state index contributed by atoms with van der Waals surface area (Å²) in [7, 11) is 0. The molecule has 0 aliphatic carbocycles. The molecule has 0 unspecified atom stereocenters. The molecule has 0 saturated heterocycles. The minimum absolute atomic E-state index is 0.0248. The Kier molecular flexibility index (Phi) is 4.86. The smallest absolute Gasteiger partial charge is 0.152 e. The number of ketones is 1. The van der Waals surface area contributed by atoms with Crippen LogP contribution in [0, 0.1) is 0 Å². The van der Waals surface area contributed by atoms with Crippen LogP contribution in [0.4, 0.5) is 0 Å². The number of nitrogens with zero attached hydrogens (tertiary/aromatic N) is 2. The Morgan fingerprint density at radius 2 is 2.20 bits per heavy atom. The Labute approximate surface area is 59.1 Å². The molecule has 0 saturated carbocycles. The summed E-state index contributed by atoms with van der Waals surface area (Å²) in [6.45, 7) is 1.45. The second kappa shape index (κ2) is 5.68. The fourth-order valence-electron chi connectivity index (χ4n) is 0.294. The SMILES string of the molecule is CC(=O)\C=C/C=N\N=C/N. The van der Waals surface area contributed by atoms with Gasteiger partial charge in [0.1, 0.15) is 6.34 Å². The third kappa shape index (κ3) is 6.55. The second-order valence-electron chi connectivity index (χ2n) is 1.50. The highest BCUT2D eigenvalue weighted by molar-refractivity contribution is 5.91. The Balaban J connectivity index is 3.62. The lowest BCUT2D eigenvalue weighted by Crippen LogP contribution is -1.85.